The molecule has 0 N–H and O–H groups in total. The van der Waals surface area contributed by atoms with Gasteiger partial charge in [0.15, 0.2) is 0 Å². The van der Waals surface area contributed by atoms with Crippen molar-refractivity contribution in [3.05, 3.63) is 0 Å². The molecule has 0 aromatic carbocycles. The first-order valence-corrected chi connectivity index (χ1v) is 4.81. The fourth-order valence-corrected chi connectivity index (χ4v) is 1.74. The van der Waals surface area contributed by atoms with Gasteiger partial charge in [0, 0.05) is 36.9 Å². The number of carbonyl (C=O) groups is 2. The van der Waals surface area contributed by atoms with E-state index in [9.17, 15) is 9.59 Å². The molecule has 1 saturated heterocycles. The molecule has 14 heavy (non-hydrogen) atoms. The topological polar surface area (TPSA) is 37.4 Å². The van der Waals surface area contributed by atoms with Crippen LogP contribution in [-0.4, -0.2) is 22.8 Å². The zero-order valence-corrected chi connectivity index (χ0v) is 10.5. The van der Waals surface area contributed by atoms with E-state index < -0.39 is 0 Å². The van der Waals surface area contributed by atoms with E-state index in [-0.39, 0.29) is 48.2 Å². The van der Waals surface area contributed by atoms with Crippen LogP contribution in [0.2, 0.25) is 0 Å². The molecule has 1 rings (SSSR count). The quantitative estimate of drug-likeness (QED) is 0.678. The Kier molecular flexibility index (Phi) is 4.89. The Balaban J connectivity index is 0.00000169. The second kappa shape index (κ2) is 4.99. The number of hydrogen-bond acceptors (Lipinski definition) is 2. The molecule has 2 amide bonds. The summed E-state index contributed by atoms with van der Waals surface area (Å²) in [6, 6.07) is 0.00347. The molecule has 0 aromatic rings. The zero-order chi connectivity index (χ0) is 10.2. The van der Waals surface area contributed by atoms with Gasteiger partial charge in [-0.1, -0.05) is 13.8 Å². The van der Waals surface area contributed by atoms with Gasteiger partial charge in [-0.2, -0.15) is 0 Å². The molecule has 1 unspecified atom stereocenters. The van der Waals surface area contributed by atoms with Gasteiger partial charge >= 0.3 is 0 Å². The van der Waals surface area contributed by atoms with E-state index in [4.69, 9.17) is 0 Å². The maximum Gasteiger partial charge on any atom is 0.233 e. The van der Waals surface area contributed by atoms with Crippen molar-refractivity contribution in [2.24, 2.45) is 11.8 Å². The van der Waals surface area contributed by atoms with E-state index in [0.29, 0.717) is 6.42 Å². The van der Waals surface area contributed by atoms with E-state index in [2.05, 4.69) is 0 Å². The molecule has 1 aliphatic heterocycles. The minimum Gasteiger partial charge on any atom is -0.280 e. The summed E-state index contributed by atoms with van der Waals surface area (Å²) in [5.41, 5.74) is 0. The van der Waals surface area contributed by atoms with Gasteiger partial charge < -0.3 is 0 Å². The van der Waals surface area contributed by atoms with Crippen molar-refractivity contribution in [1.29, 1.82) is 0 Å². The smallest absolute Gasteiger partial charge is 0.233 e. The second-order valence-corrected chi connectivity index (χ2v) is 4.25. The SMILES string of the molecule is CC(C)C1CC(=O)N(C(C)C)C1=O.[V]. The second-order valence-electron chi connectivity index (χ2n) is 4.25. The number of likely N-dealkylation sites (tertiary alicyclic amines) is 1. The molecular weight excluding hydrogens is 217 g/mol. The van der Waals surface area contributed by atoms with Crippen molar-refractivity contribution in [1.82, 2.24) is 4.90 Å². The molecule has 0 saturated carbocycles. The summed E-state index contributed by atoms with van der Waals surface area (Å²) in [7, 11) is 0. The monoisotopic (exact) mass is 234 g/mol. The van der Waals surface area contributed by atoms with Crippen molar-refractivity contribution in [3.8, 4) is 0 Å². The molecule has 1 aliphatic rings. The largest absolute Gasteiger partial charge is 0.280 e. The van der Waals surface area contributed by atoms with Gasteiger partial charge in [-0.15, -0.1) is 0 Å². The van der Waals surface area contributed by atoms with Crippen molar-refractivity contribution < 1.29 is 28.1 Å². The molecular formula is C10H17NO2V. The first-order valence-electron chi connectivity index (χ1n) is 4.81. The summed E-state index contributed by atoms with van der Waals surface area (Å²) >= 11 is 0. The Morgan fingerprint density at radius 2 is 1.71 bits per heavy atom. The standard InChI is InChI=1S/C10H17NO2.V/c1-6(2)8-5-9(12)11(7(3)4)10(8)13;/h6-8H,5H2,1-4H3;. The Morgan fingerprint density at radius 3 is 1.93 bits per heavy atom. The van der Waals surface area contributed by atoms with Gasteiger partial charge in [-0.05, 0) is 19.8 Å². The number of hydrogen-bond donors (Lipinski definition) is 0. The average molecular weight is 234 g/mol. The Bertz CT molecular complexity index is 238. The Labute approximate surface area is 97.1 Å². The van der Waals surface area contributed by atoms with Crippen molar-refractivity contribution in [3.63, 3.8) is 0 Å². The summed E-state index contributed by atoms with van der Waals surface area (Å²) in [4.78, 5) is 24.5. The summed E-state index contributed by atoms with van der Waals surface area (Å²) < 4.78 is 0. The van der Waals surface area contributed by atoms with E-state index in [1.165, 1.54) is 4.90 Å². The first kappa shape index (κ1) is 13.7. The molecule has 0 aliphatic carbocycles. The molecule has 1 radical (unpaired) electrons. The fourth-order valence-electron chi connectivity index (χ4n) is 1.74. The van der Waals surface area contributed by atoms with Crippen LogP contribution < -0.4 is 0 Å². The van der Waals surface area contributed by atoms with Crippen LogP contribution in [0.4, 0.5) is 0 Å². The molecule has 1 heterocycles. The number of amides is 2. The van der Waals surface area contributed by atoms with Crippen molar-refractivity contribution in [2.45, 2.75) is 40.2 Å². The Morgan fingerprint density at radius 1 is 1.21 bits per heavy atom. The predicted molar refractivity (Wildman–Crippen MR) is 49.9 cm³/mol. The Hall–Kier alpha value is -0.276. The molecule has 4 heteroatoms. The molecule has 0 aromatic heterocycles. The minimum absolute atomic E-state index is 0. The van der Waals surface area contributed by atoms with Crippen LogP contribution >= 0.6 is 0 Å². The number of carbonyl (C=O) groups excluding carboxylic acids is 2. The summed E-state index contributed by atoms with van der Waals surface area (Å²) in [6.07, 6.45) is 0.397. The van der Waals surface area contributed by atoms with Crippen LogP contribution in [0.5, 0.6) is 0 Å². The van der Waals surface area contributed by atoms with Crippen LogP contribution in [0.1, 0.15) is 34.1 Å². The van der Waals surface area contributed by atoms with Gasteiger partial charge in [-0.25, -0.2) is 0 Å². The van der Waals surface area contributed by atoms with Gasteiger partial charge in [0.1, 0.15) is 0 Å². The van der Waals surface area contributed by atoms with Crippen molar-refractivity contribution >= 4 is 11.8 Å². The summed E-state index contributed by atoms with van der Waals surface area (Å²) in [5, 5.41) is 0. The van der Waals surface area contributed by atoms with Crippen LogP contribution in [-0.2, 0) is 28.1 Å². The molecule has 79 valence electrons. The molecule has 0 bridgehead atoms. The number of nitrogens with zero attached hydrogens (tertiary/aromatic N) is 1. The fraction of sp³-hybridized carbons (Fsp3) is 0.800. The van der Waals surface area contributed by atoms with Gasteiger partial charge in [0.2, 0.25) is 11.8 Å². The van der Waals surface area contributed by atoms with E-state index in [1.54, 1.807) is 0 Å². The molecule has 3 nitrogen and oxygen atoms in total. The zero-order valence-electron chi connectivity index (χ0n) is 9.15. The molecule has 0 spiro atoms. The third-order valence-electron chi connectivity index (χ3n) is 2.54. The van der Waals surface area contributed by atoms with Crippen LogP contribution in [0.25, 0.3) is 0 Å². The minimum atomic E-state index is -0.0881. The maximum atomic E-state index is 11.7. The normalized spacial score (nSPS) is 22.1. The number of rotatable bonds is 2. The van der Waals surface area contributed by atoms with Gasteiger partial charge in [-0.3, -0.25) is 14.5 Å². The summed E-state index contributed by atoms with van der Waals surface area (Å²) in [5.74, 6) is 0.170. The van der Waals surface area contributed by atoms with Crippen LogP contribution in [0, 0.1) is 11.8 Å². The number of imide groups is 1. The van der Waals surface area contributed by atoms with Crippen LogP contribution in [0.15, 0.2) is 0 Å². The third kappa shape index (κ3) is 2.40. The van der Waals surface area contributed by atoms with E-state index in [1.807, 2.05) is 27.7 Å². The van der Waals surface area contributed by atoms with E-state index in [0.717, 1.165) is 0 Å². The molecule has 1 atom stereocenters. The van der Waals surface area contributed by atoms with E-state index >= 15 is 0 Å². The summed E-state index contributed by atoms with van der Waals surface area (Å²) in [6.45, 7) is 7.72. The van der Waals surface area contributed by atoms with Gasteiger partial charge in [0.25, 0.3) is 0 Å². The molecule has 1 fully saturated rings. The van der Waals surface area contributed by atoms with Crippen LogP contribution in [0.3, 0.4) is 0 Å². The van der Waals surface area contributed by atoms with Crippen molar-refractivity contribution in [2.75, 3.05) is 0 Å². The maximum absolute atomic E-state index is 11.7. The average Bonchev–Trinajstić information content (AvgIpc) is 2.26. The first-order chi connectivity index (χ1) is 5.95. The third-order valence-corrected chi connectivity index (χ3v) is 2.54. The predicted octanol–water partition coefficient (Wildman–Crippen LogP) is 1.42. The van der Waals surface area contributed by atoms with Gasteiger partial charge in [0.05, 0.1) is 0 Å².